The van der Waals surface area contributed by atoms with Crippen LogP contribution in [0, 0.1) is 0 Å². The molecular formula is C16H25NO3. The zero-order valence-corrected chi connectivity index (χ0v) is 12.7. The Morgan fingerprint density at radius 3 is 2.40 bits per heavy atom. The maximum Gasteiger partial charge on any atom is 0.260 e. The van der Waals surface area contributed by atoms with Gasteiger partial charge in [-0.1, -0.05) is 32.0 Å². The summed E-state index contributed by atoms with van der Waals surface area (Å²) in [6, 6.07) is 9.65. The van der Waals surface area contributed by atoms with Gasteiger partial charge in [0.25, 0.3) is 5.91 Å². The van der Waals surface area contributed by atoms with Crippen LogP contribution in [0.4, 0.5) is 0 Å². The van der Waals surface area contributed by atoms with Crippen LogP contribution in [0.15, 0.2) is 30.3 Å². The zero-order valence-electron chi connectivity index (χ0n) is 12.7. The number of para-hydroxylation sites is 1. The highest BCUT2D eigenvalue weighted by Crippen LogP contribution is 2.11. The van der Waals surface area contributed by atoms with Crippen molar-refractivity contribution >= 4 is 5.91 Å². The molecule has 0 aromatic heterocycles. The largest absolute Gasteiger partial charge is 0.484 e. The monoisotopic (exact) mass is 279 g/mol. The Bertz CT molecular complexity index is 377. The van der Waals surface area contributed by atoms with Crippen molar-refractivity contribution in [2.75, 3.05) is 26.9 Å². The molecule has 4 heteroatoms. The van der Waals surface area contributed by atoms with Crippen LogP contribution in [-0.2, 0) is 9.53 Å². The summed E-state index contributed by atoms with van der Waals surface area (Å²) < 4.78 is 10.6. The number of amides is 1. The molecule has 0 atom stereocenters. The lowest BCUT2D eigenvalue weighted by atomic mass is 10.1. The van der Waals surface area contributed by atoms with Crippen molar-refractivity contribution in [1.29, 1.82) is 0 Å². The normalized spacial score (nSPS) is 10.6. The fraction of sp³-hybridized carbons (Fsp3) is 0.562. The van der Waals surface area contributed by atoms with Crippen LogP contribution in [-0.4, -0.2) is 43.7 Å². The Morgan fingerprint density at radius 1 is 1.20 bits per heavy atom. The van der Waals surface area contributed by atoms with Crippen molar-refractivity contribution in [3.63, 3.8) is 0 Å². The molecular weight excluding hydrogens is 254 g/mol. The average Bonchev–Trinajstić information content (AvgIpc) is 2.50. The summed E-state index contributed by atoms with van der Waals surface area (Å²) in [7, 11) is 1.65. The summed E-state index contributed by atoms with van der Waals surface area (Å²) in [5.41, 5.74) is 0. The quantitative estimate of drug-likeness (QED) is 0.697. The van der Waals surface area contributed by atoms with E-state index in [9.17, 15) is 4.79 Å². The number of ether oxygens (including phenoxy) is 2. The van der Waals surface area contributed by atoms with E-state index in [-0.39, 0.29) is 18.6 Å². The fourth-order valence-electron chi connectivity index (χ4n) is 2.17. The number of hydrogen-bond donors (Lipinski definition) is 0. The number of hydrogen-bond acceptors (Lipinski definition) is 3. The van der Waals surface area contributed by atoms with Gasteiger partial charge in [-0.15, -0.1) is 0 Å². The van der Waals surface area contributed by atoms with E-state index < -0.39 is 0 Å². The maximum absolute atomic E-state index is 12.3. The number of carbonyl (C=O) groups is 1. The van der Waals surface area contributed by atoms with Crippen molar-refractivity contribution in [3.8, 4) is 5.75 Å². The Balaban J connectivity index is 2.58. The van der Waals surface area contributed by atoms with E-state index in [2.05, 4.69) is 13.8 Å². The number of rotatable bonds is 9. The molecule has 0 bridgehead atoms. The molecule has 0 saturated heterocycles. The number of nitrogens with zero attached hydrogens (tertiary/aromatic N) is 1. The Hall–Kier alpha value is -1.55. The molecule has 0 aliphatic carbocycles. The van der Waals surface area contributed by atoms with Crippen molar-refractivity contribution < 1.29 is 14.3 Å². The number of benzene rings is 1. The Morgan fingerprint density at radius 2 is 1.85 bits per heavy atom. The van der Waals surface area contributed by atoms with E-state index in [1.54, 1.807) is 7.11 Å². The highest BCUT2D eigenvalue weighted by atomic mass is 16.5. The summed E-state index contributed by atoms with van der Waals surface area (Å²) in [5, 5.41) is 0. The van der Waals surface area contributed by atoms with Crippen LogP contribution in [0.25, 0.3) is 0 Å². The maximum atomic E-state index is 12.3. The SMILES string of the molecule is CCC(CC)N(CCOC)C(=O)COc1ccccc1. The predicted octanol–water partition coefficient (Wildman–Crippen LogP) is 2.73. The van der Waals surface area contributed by atoms with E-state index in [4.69, 9.17) is 9.47 Å². The first-order chi connectivity index (χ1) is 9.72. The Labute approximate surface area is 121 Å². The minimum Gasteiger partial charge on any atom is -0.484 e. The molecule has 0 unspecified atom stereocenters. The van der Waals surface area contributed by atoms with Crippen molar-refractivity contribution in [2.24, 2.45) is 0 Å². The molecule has 1 amide bonds. The second-order valence-electron chi connectivity index (χ2n) is 4.65. The van der Waals surface area contributed by atoms with E-state index in [1.807, 2.05) is 35.2 Å². The summed E-state index contributed by atoms with van der Waals surface area (Å²) >= 11 is 0. The highest BCUT2D eigenvalue weighted by Gasteiger charge is 2.21. The summed E-state index contributed by atoms with van der Waals surface area (Å²) in [4.78, 5) is 14.2. The van der Waals surface area contributed by atoms with Gasteiger partial charge in [-0.25, -0.2) is 0 Å². The molecule has 20 heavy (non-hydrogen) atoms. The number of methoxy groups -OCH3 is 1. The van der Waals surface area contributed by atoms with Crippen LogP contribution < -0.4 is 4.74 Å². The second kappa shape index (κ2) is 9.37. The van der Waals surface area contributed by atoms with Gasteiger partial charge in [-0.2, -0.15) is 0 Å². The van der Waals surface area contributed by atoms with E-state index in [0.29, 0.717) is 13.2 Å². The van der Waals surface area contributed by atoms with Gasteiger partial charge in [0, 0.05) is 19.7 Å². The molecule has 4 nitrogen and oxygen atoms in total. The summed E-state index contributed by atoms with van der Waals surface area (Å²) in [6.07, 6.45) is 1.88. The molecule has 0 radical (unpaired) electrons. The van der Waals surface area contributed by atoms with Gasteiger partial charge in [-0.3, -0.25) is 4.79 Å². The minimum absolute atomic E-state index is 0.0135. The molecule has 1 rings (SSSR count). The smallest absolute Gasteiger partial charge is 0.260 e. The molecule has 0 spiro atoms. The first-order valence-electron chi connectivity index (χ1n) is 7.19. The molecule has 0 aliphatic heterocycles. The van der Waals surface area contributed by atoms with Crippen LogP contribution in [0.2, 0.25) is 0 Å². The minimum atomic E-state index is 0.0135. The van der Waals surface area contributed by atoms with Gasteiger partial charge in [0.05, 0.1) is 6.61 Å². The van der Waals surface area contributed by atoms with E-state index in [1.165, 1.54) is 0 Å². The predicted molar refractivity (Wildman–Crippen MR) is 79.9 cm³/mol. The van der Waals surface area contributed by atoms with Crippen molar-refractivity contribution in [2.45, 2.75) is 32.7 Å². The van der Waals surface area contributed by atoms with Gasteiger partial charge in [0.2, 0.25) is 0 Å². The molecule has 0 fully saturated rings. The molecule has 0 aliphatic rings. The third-order valence-corrected chi connectivity index (χ3v) is 3.35. The third kappa shape index (κ3) is 5.21. The topological polar surface area (TPSA) is 38.8 Å². The fourth-order valence-corrected chi connectivity index (χ4v) is 2.17. The molecule has 0 heterocycles. The van der Waals surface area contributed by atoms with Crippen LogP contribution in [0.1, 0.15) is 26.7 Å². The summed E-state index contributed by atoms with van der Waals surface area (Å²) in [5.74, 6) is 0.733. The van der Waals surface area contributed by atoms with Crippen LogP contribution in [0.3, 0.4) is 0 Å². The molecule has 0 N–H and O–H groups in total. The third-order valence-electron chi connectivity index (χ3n) is 3.35. The van der Waals surface area contributed by atoms with Gasteiger partial charge in [0.15, 0.2) is 6.61 Å². The Kier molecular flexibility index (Phi) is 7.73. The van der Waals surface area contributed by atoms with Gasteiger partial charge >= 0.3 is 0 Å². The summed E-state index contributed by atoms with van der Waals surface area (Å²) in [6.45, 7) is 5.43. The van der Waals surface area contributed by atoms with Gasteiger partial charge in [0.1, 0.15) is 5.75 Å². The first kappa shape index (κ1) is 16.5. The lowest BCUT2D eigenvalue weighted by Crippen LogP contribution is -2.44. The average molecular weight is 279 g/mol. The highest BCUT2D eigenvalue weighted by molar-refractivity contribution is 5.78. The molecule has 1 aromatic rings. The first-order valence-corrected chi connectivity index (χ1v) is 7.19. The lowest BCUT2D eigenvalue weighted by molar-refractivity contribution is -0.136. The van der Waals surface area contributed by atoms with E-state index >= 15 is 0 Å². The second-order valence-corrected chi connectivity index (χ2v) is 4.65. The molecule has 0 saturated carbocycles. The lowest BCUT2D eigenvalue weighted by Gasteiger charge is -2.30. The molecule has 112 valence electrons. The molecule has 1 aromatic carbocycles. The standard InChI is InChI=1S/C16H25NO3/c1-4-14(5-2)17(11-12-19-3)16(18)13-20-15-9-7-6-8-10-15/h6-10,14H,4-5,11-13H2,1-3H3. The zero-order chi connectivity index (χ0) is 14.8. The van der Waals surface area contributed by atoms with Crippen molar-refractivity contribution in [3.05, 3.63) is 30.3 Å². The number of carbonyl (C=O) groups excluding carboxylic acids is 1. The van der Waals surface area contributed by atoms with E-state index in [0.717, 1.165) is 18.6 Å². The van der Waals surface area contributed by atoms with Crippen molar-refractivity contribution in [1.82, 2.24) is 4.90 Å². The van der Waals surface area contributed by atoms with Crippen LogP contribution >= 0.6 is 0 Å². The van der Waals surface area contributed by atoms with Gasteiger partial charge < -0.3 is 14.4 Å². The van der Waals surface area contributed by atoms with Gasteiger partial charge in [-0.05, 0) is 25.0 Å². The van der Waals surface area contributed by atoms with Crippen LogP contribution in [0.5, 0.6) is 5.75 Å².